The van der Waals surface area contributed by atoms with E-state index in [9.17, 15) is 4.39 Å². The van der Waals surface area contributed by atoms with Crippen LogP contribution in [-0.4, -0.2) is 4.98 Å². The van der Waals surface area contributed by atoms with Gasteiger partial charge in [-0.3, -0.25) is 4.98 Å². The molecule has 0 atom stereocenters. The highest BCUT2D eigenvalue weighted by Crippen LogP contribution is 2.14. The molecule has 2 rings (SSSR count). The van der Waals surface area contributed by atoms with Crippen molar-refractivity contribution in [1.29, 1.82) is 5.26 Å². The third kappa shape index (κ3) is 2.10. The summed E-state index contributed by atoms with van der Waals surface area (Å²) in [6, 6.07) is 10.4. The number of pyridine rings is 1. The van der Waals surface area contributed by atoms with Crippen molar-refractivity contribution in [2.45, 2.75) is 12.8 Å². The van der Waals surface area contributed by atoms with Crippen LogP contribution in [0.5, 0.6) is 0 Å². The third-order valence-electron chi connectivity index (χ3n) is 2.20. The summed E-state index contributed by atoms with van der Waals surface area (Å²) in [6.07, 6.45) is 1.05. The molecule has 0 bridgehead atoms. The maximum absolute atomic E-state index is 12.9. The fourth-order valence-electron chi connectivity index (χ4n) is 1.46. The lowest BCUT2D eigenvalue weighted by molar-refractivity contribution is 0.629. The molecule has 0 saturated heterocycles. The van der Waals surface area contributed by atoms with Crippen molar-refractivity contribution in [2.24, 2.45) is 0 Å². The number of benzene rings is 1. The van der Waals surface area contributed by atoms with Gasteiger partial charge in [0.25, 0.3) is 0 Å². The lowest BCUT2D eigenvalue weighted by Gasteiger charge is -2.00. The van der Waals surface area contributed by atoms with Crippen LogP contribution in [0, 0.1) is 17.1 Å². The zero-order chi connectivity index (χ0) is 10.7. The number of halogens is 1. The van der Waals surface area contributed by atoms with E-state index in [0.717, 1.165) is 11.1 Å². The van der Waals surface area contributed by atoms with Crippen molar-refractivity contribution < 1.29 is 4.39 Å². The first-order valence-electron chi connectivity index (χ1n) is 4.72. The molecule has 0 radical (unpaired) electrons. The molecule has 0 fully saturated rings. The van der Waals surface area contributed by atoms with Gasteiger partial charge in [-0.15, -0.1) is 0 Å². The molecule has 0 aliphatic carbocycles. The van der Waals surface area contributed by atoms with E-state index in [4.69, 9.17) is 5.26 Å². The minimum absolute atomic E-state index is 0.285. The van der Waals surface area contributed by atoms with Gasteiger partial charge in [0.1, 0.15) is 5.82 Å². The molecule has 1 aromatic heterocycles. The summed E-state index contributed by atoms with van der Waals surface area (Å²) >= 11 is 0. The molecule has 1 heterocycles. The molecule has 0 unspecified atom stereocenters. The number of nitriles is 1. The topological polar surface area (TPSA) is 36.7 Å². The predicted octanol–water partition coefficient (Wildman–Crippen LogP) is 2.83. The van der Waals surface area contributed by atoms with Gasteiger partial charge in [-0.1, -0.05) is 6.07 Å². The van der Waals surface area contributed by atoms with Crippen molar-refractivity contribution in [3.63, 3.8) is 0 Å². The third-order valence-corrected chi connectivity index (χ3v) is 2.20. The number of fused-ring (bicyclic) bond motifs is 1. The van der Waals surface area contributed by atoms with Crippen LogP contribution in [0.2, 0.25) is 0 Å². The maximum Gasteiger partial charge on any atom is 0.125 e. The van der Waals surface area contributed by atoms with E-state index in [-0.39, 0.29) is 5.82 Å². The van der Waals surface area contributed by atoms with Gasteiger partial charge in [-0.25, -0.2) is 4.39 Å². The normalized spacial score (nSPS) is 10.1. The summed E-state index contributed by atoms with van der Waals surface area (Å²) in [5.74, 6) is -0.285. The van der Waals surface area contributed by atoms with E-state index < -0.39 is 0 Å². The summed E-state index contributed by atoms with van der Waals surface area (Å²) in [5, 5.41) is 9.36. The highest BCUT2D eigenvalue weighted by Gasteiger charge is 1.99. The Kier molecular flexibility index (Phi) is 2.59. The van der Waals surface area contributed by atoms with Crippen LogP contribution in [0.3, 0.4) is 0 Å². The van der Waals surface area contributed by atoms with Crippen molar-refractivity contribution >= 4 is 10.9 Å². The van der Waals surface area contributed by atoms with Crippen LogP contribution in [0.25, 0.3) is 10.9 Å². The highest BCUT2D eigenvalue weighted by atomic mass is 19.1. The Hall–Kier alpha value is -1.95. The zero-order valence-corrected chi connectivity index (χ0v) is 8.07. The Balaban J connectivity index is 2.41. The van der Waals surface area contributed by atoms with E-state index in [1.165, 1.54) is 12.1 Å². The first-order valence-corrected chi connectivity index (χ1v) is 4.72. The molecule has 74 valence electrons. The number of hydrogen-bond donors (Lipinski definition) is 0. The number of aromatic nitrogens is 1. The fraction of sp³-hybridized carbons (Fsp3) is 0.167. The Morgan fingerprint density at radius 3 is 2.87 bits per heavy atom. The molecule has 0 N–H and O–H groups in total. The van der Waals surface area contributed by atoms with Crippen LogP contribution in [0.15, 0.2) is 30.3 Å². The minimum atomic E-state index is -0.285. The average Bonchev–Trinajstić information content (AvgIpc) is 2.25. The van der Waals surface area contributed by atoms with Gasteiger partial charge in [0, 0.05) is 30.0 Å². The summed E-state index contributed by atoms with van der Waals surface area (Å²) in [4.78, 5) is 4.28. The standard InChI is InChI=1S/C12H9FN2/c13-10-5-3-9-4-6-11(2-1-7-14)15-12(9)8-10/h3-6,8H,1-2H2. The molecule has 3 heteroatoms. The minimum Gasteiger partial charge on any atom is -0.253 e. The van der Waals surface area contributed by atoms with E-state index >= 15 is 0 Å². The lowest BCUT2D eigenvalue weighted by atomic mass is 10.1. The monoisotopic (exact) mass is 200 g/mol. The molecule has 2 nitrogen and oxygen atoms in total. The van der Waals surface area contributed by atoms with Crippen LogP contribution < -0.4 is 0 Å². The summed E-state index contributed by atoms with van der Waals surface area (Å²) in [7, 11) is 0. The number of rotatable bonds is 2. The lowest BCUT2D eigenvalue weighted by Crippen LogP contribution is -1.90. The van der Waals surface area contributed by atoms with Crippen molar-refractivity contribution in [2.75, 3.05) is 0 Å². The SMILES string of the molecule is N#CCCc1ccc2ccc(F)cc2n1. The largest absolute Gasteiger partial charge is 0.253 e. The van der Waals surface area contributed by atoms with Crippen molar-refractivity contribution in [3.05, 3.63) is 41.8 Å². The van der Waals surface area contributed by atoms with Crippen LogP contribution in [0.4, 0.5) is 4.39 Å². The van der Waals surface area contributed by atoms with Gasteiger partial charge in [0.2, 0.25) is 0 Å². The van der Waals surface area contributed by atoms with Gasteiger partial charge in [0.15, 0.2) is 0 Å². The smallest absolute Gasteiger partial charge is 0.125 e. The van der Waals surface area contributed by atoms with Crippen molar-refractivity contribution in [3.8, 4) is 6.07 Å². The van der Waals surface area contributed by atoms with Crippen LogP contribution in [-0.2, 0) is 6.42 Å². The predicted molar refractivity (Wildman–Crippen MR) is 55.6 cm³/mol. The van der Waals surface area contributed by atoms with Gasteiger partial charge in [0.05, 0.1) is 11.6 Å². The second kappa shape index (κ2) is 4.05. The quantitative estimate of drug-likeness (QED) is 0.747. The van der Waals surface area contributed by atoms with E-state index in [1.54, 1.807) is 6.07 Å². The Labute approximate surface area is 87.0 Å². The second-order valence-electron chi connectivity index (χ2n) is 3.30. The Bertz CT molecular complexity index is 529. The summed E-state index contributed by atoms with van der Waals surface area (Å²) in [6.45, 7) is 0. The molecule has 15 heavy (non-hydrogen) atoms. The van der Waals surface area contributed by atoms with E-state index in [0.29, 0.717) is 18.4 Å². The summed E-state index contributed by atoms with van der Waals surface area (Å²) < 4.78 is 12.9. The Morgan fingerprint density at radius 1 is 1.27 bits per heavy atom. The molecular formula is C12H9FN2. The Morgan fingerprint density at radius 2 is 2.07 bits per heavy atom. The summed E-state index contributed by atoms with van der Waals surface area (Å²) in [5.41, 5.74) is 1.47. The molecule has 2 aromatic rings. The van der Waals surface area contributed by atoms with Gasteiger partial charge >= 0.3 is 0 Å². The number of aryl methyl sites for hydroxylation is 1. The molecule has 0 spiro atoms. The average molecular weight is 200 g/mol. The number of hydrogen-bond acceptors (Lipinski definition) is 2. The molecular weight excluding hydrogens is 191 g/mol. The van der Waals surface area contributed by atoms with E-state index in [1.807, 2.05) is 12.1 Å². The van der Waals surface area contributed by atoms with Crippen LogP contribution in [0.1, 0.15) is 12.1 Å². The van der Waals surface area contributed by atoms with Gasteiger partial charge in [-0.05, 0) is 18.2 Å². The molecule has 0 aliphatic rings. The number of nitrogens with zero attached hydrogens (tertiary/aromatic N) is 2. The first kappa shape index (κ1) is 9.60. The fourth-order valence-corrected chi connectivity index (χ4v) is 1.46. The van der Waals surface area contributed by atoms with Crippen molar-refractivity contribution in [1.82, 2.24) is 4.98 Å². The van der Waals surface area contributed by atoms with Crippen LogP contribution >= 0.6 is 0 Å². The highest BCUT2D eigenvalue weighted by molar-refractivity contribution is 5.78. The molecule has 0 amide bonds. The molecule has 0 saturated carbocycles. The second-order valence-corrected chi connectivity index (χ2v) is 3.30. The first-order chi connectivity index (χ1) is 7.29. The zero-order valence-electron chi connectivity index (χ0n) is 8.07. The maximum atomic E-state index is 12.9. The van der Waals surface area contributed by atoms with Gasteiger partial charge < -0.3 is 0 Å². The van der Waals surface area contributed by atoms with Gasteiger partial charge in [-0.2, -0.15) is 5.26 Å². The molecule has 1 aromatic carbocycles. The van der Waals surface area contributed by atoms with E-state index in [2.05, 4.69) is 11.1 Å². The molecule has 0 aliphatic heterocycles.